The number of carbonyl (C=O) groups is 1. The van der Waals surface area contributed by atoms with Crippen LogP contribution in [0.1, 0.15) is 30.1 Å². The van der Waals surface area contributed by atoms with Crippen molar-refractivity contribution in [1.82, 2.24) is 15.3 Å². The minimum atomic E-state index is -0.205. The Kier molecular flexibility index (Phi) is 4.78. The number of hydrogen-bond acceptors (Lipinski definition) is 4. The van der Waals surface area contributed by atoms with Crippen molar-refractivity contribution in [1.29, 1.82) is 0 Å². The van der Waals surface area contributed by atoms with Crippen LogP contribution in [0.5, 0.6) is 0 Å². The Labute approximate surface area is 99.5 Å². The van der Waals surface area contributed by atoms with E-state index in [9.17, 15) is 4.79 Å². The molecule has 1 aromatic rings. The smallest absolute Gasteiger partial charge is 0.254 e. The second-order valence-electron chi connectivity index (χ2n) is 3.38. The summed E-state index contributed by atoms with van der Waals surface area (Å²) in [5, 5.41) is 2.83. The minimum Gasteiger partial charge on any atom is -0.393 e. The predicted molar refractivity (Wildman–Crippen MR) is 65.0 cm³/mol. The number of nitrogens with zero attached hydrogens (tertiary/aromatic N) is 2. The lowest BCUT2D eigenvalue weighted by Gasteiger charge is -2.15. The molecule has 1 amide bonds. The molecule has 0 aliphatic rings. The van der Waals surface area contributed by atoms with Gasteiger partial charge in [-0.15, -0.1) is 0 Å². The molecule has 0 radical (unpaired) electrons. The first-order valence-corrected chi connectivity index (χ1v) is 5.38. The average Bonchev–Trinajstić information content (AvgIpc) is 2.28. The molecule has 0 aliphatic carbocycles. The molecule has 16 heavy (non-hydrogen) atoms. The molecule has 0 saturated heterocycles. The lowest BCUT2D eigenvalue weighted by Crippen LogP contribution is -2.37. The van der Waals surface area contributed by atoms with Gasteiger partial charge in [0.2, 0.25) is 0 Å². The zero-order valence-corrected chi connectivity index (χ0v) is 9.83. The summed E-state index contributed by atoms with van der Waals surface area (Å²) in [6.07, 6.45) is 5.59. The van der Waals surface area contributed by atoms with E-state index in [1.165, 1.54) is 18.7 Å². The fraction of sp³-hybridized carbons (Fsp3) is 0.400. The van der Waals surface area contributed by atoms with E-state index in [0.29, 0.717) is 17.0 Å². The largest absolute Gasteiger partial charge is 0.393 e. The fourth-order valence-electron chi connectivity index (χ4n) is 1.23. The Morgan fingerprint density at radius 1 is 1.56 bits per heavy atom. The molecule has 1 heterocycles. The summed E-state index contributed by atoms with van der Waals surface area (Å²) in [6.45, 7) is 1.96. The Hall–Kier alpha value is -1.56. The van der Waals surface area contributed by atoms with Crippen molar-refractivity contribution in [2.75, 3.05) is 0 Å². The normalized spacial score (nSPS) is 11.8. The first-order valence-electron chi connectivity index (χ1n) is 4.97. The van der Waals surface area contributed by atoms with Gasteiger partial charge in [-0.3, -0.25) is 4.79 Å². The molecule has 0 bridgehead atoms. The van der Waals surface area contributed by atoms with Crippen molar-refractivity contribution in [2.45, 2.75) is 25.8 Å². The molecule has 0 spiro atoms. The molecule has 6 heteroatoms. The highest BCUT2D eigenvalue weighted by Crippen LogP contribution is 2.01. The third-order valence-electron chi connectivity index (χ3n) is 2.10. The van der Waals surface area contributed by atoms with Gasteiger partial charge in [0.1, 0.15) is 6.33 Å². The van der Waals surface area contributed by atoms with E-state index >= 15 is 0 Å². The molecular weight excluding hydrogens is 224 g/mol. The van der Waals surface area contributed by atoms with Crippen LogP contribution < -0.4 is 11.1 Å². The number of nitrogens with two attached hydrogens (primary N) is 1. The van der Waals surface area contributed by atoms with Gasteiger partial charge in [-0.2, -0.15) is 0 Å². The van der Waals surface area contributed by atoms with E-state index < -0.39 is 0 Å². The Morgan fingerprint density at radius 3 is 2.69 bits per heavy atom. The summed E-state index contributed by atoms with van der Waals surface area (Å²) in [6, 6.07) is -0.0368. The third kappa shape index (κ3) is 3.90. The molecule has 1 unspecified atom stereocenters. The monoisotopic (exact) mass is 238 g/mol. The van der Waals surface area contributed by atoms with Crippen molar-refractivity contribution >= 4 is 23.1 Å². The van der Waals surface area contributed by atoms with Crippen molar-refractivity contribution in [3.8, 4) is 0 Å². The van der Waals surface area contributed by atoms with Crippen LogP contribution in [0.25, 0.3) is 0 Å². The maximum atomic E-state index is 11.7. The summed E-state index contributed by atoms with van der Waals surface area (Å²) < 4.78 is 0. The van der Waals surface area contributed by atoms with Gasteiger partial charge >= 0.3 is 0 Å². The summed E-state index contributed by atoms with van der Waals surface area (Å²) in [5.74, 6) is -0.205. The second kappa shape index (κ2) is 6.12. The van der Waals surface area contributed by atoms with Crippen molar-refractivity contribution in [3.05, 3.63) is 24.3 Å². The molecule has 1 rings (SSSR count). The van der Waals surface area contributed by atoms with Gasteiger partial charge in [0.05, 0.1) is 10.6 Å². The highest BCUT2D eigenvalue weighted by atomic mass is 32.1. The quantitative estimate of drug-likeness (QED) is 0.737. The maximum absolute atomic E-state index is 11.7. The number of nitrogens with one attached hydrogen (secondary N) is 1. The number of amides is 1. The Balaban J connectivity index is 2.59. The molecular formula is C10H14N4OS. The molecule has 5 nitrogen and oxygen atoms in total. The lowest BCUT2D eigenvalue weighted by molar-refractivity contribution is 0.0936. The van der Waals surface area contributed by atoms with Crippen LogP contribution in [0.3, 0.4) is 0 Å². The van der Waals surface area contributed by atoms with Crippen LogP contribution in [0.4, 0.5) is 0 Å². The molecule has 1 atom stereocenters. The minimum absolute atomic E-state index is 0.0368. The zero-order chi connectivity index (χ0) is 12.0. The molecule has 0 aliphatic heterocycles. The average molecular weight is 238 g/mol. The summed E-state index contributed by atoms with van der Waals surface area (Å²) >= 11 is 4.81. The summed E-state index contributed by atoms with van der Waals surface area (Å²) in [4.78, 5) is 19.7. The highest BCUT2D eigenvalue weighted by molar-refractivity contribution is 7.80. The Morgan fingerprint density at radius 2 is 2.19 bits per heavy atom. The fourth-order valence-corrected chi connectivity index (χ4v) is 1.43. The van der Waals surface area contributed by atoms with Crippen LogP contribution in [0.15, 0.2) is 18.7 Å². The van der Waals surface area contributed by atoms with Gasteiger partial charge in [-0.05, 0) is 6.42 Å². The van der Waals surface area contributed by atoms with Crippen LogP contribution in [-0.2, 0) is 0 Å². The van der Waals surface area contributed by atoms with Gasteiger partial charge < -0.3 is 11.1 Å². The van der Waals surface area contributed by atoms with Crippen molar-refractivity contribution < 1.29 is 4.79 Å². The van der Waals surface area contributed by atoms with Gasteiger partial charge in [0.25, 0.3) is 5.91 Å². The molecule has 86 valence electrons. The highest BCUT2D eigenvalue weighted by Gasteiger charge is 2.13. The van der Waals surface area contributed by atoms with Crippen LogP contribution in [-0.4, -0.2) is 26.9 Å². The zero-order valence-electron chi connectivity index (χ0n) is 9.01. The molecule has 0 fully saturated rings. The standard InChI is InChI=1S/C10H14N4OS/c1-2-8(3-9(11)16)14-10(15)7-4-12-6-13-5-7/h4-6,8H,2-3H2,1H3,(H2,11,16)(H,14,15). The van der Waals surface area contributed by atoms with E-state index in [1.54, 1.807) is 0 Å². The number of hydrogen-bond donors (Lipinski definition) is 2. The summed E-state index contributed by atoms with van der Waals surface area (Å²) in [7, 11) is 0. The van der Waals surface area contributed by atoms with Crippen LogP contribution in [0, 0.1) is 0 Å². The molecule has 1 aromatic heterocycles. The topological polar surface area (TPSA) is 80.9 Å². The molecule has 0 saturated carbocycles. The van der Waals surface area contributed by atoms with Crippen LogP contribution in [0.2, 0.25) is 0 Å². The second-order valence-corrected chi connectivity index (χ2v) is 3.90. The van der Waals surface area contributed by atoms with E-state index in [4.69, 9.17) is 18.0 Å². The molecule has 3 N–H and O–H groups in total. The Bertz CT molecular complexity index is 368. The molecule has 0 aromatic carbocycles. The van der Waals surface area contributed by atoms with Gasteiger partial charge in [0, 0.05) is 24.9 Å². The van der Waals surface area contributed by atoms with E-state index in [0.717, 1.165) is 6.42 Å². The van der Waals surface area contributed by atoms with E-state index in [-0.39, 0.29) is 11.9 Å². The number of carbonyl (C=O) groups excluding carboxylic acids is 1. The first kappa shape index (κ1) is 12.5. The van der Waals surface area contributed by atoms with E-state index in [2.05, 4.69) is 15.3 Å². The maximum Gasteiger partial charge on any atom is 0.254 e. The SMILES string of the molecule is CCC(CC(N)=S)NC(=O)c1cncnc1. The lowest BCUT2D eigenvalue weighted by atomic mass is 10.1. The van der Waals surface area contributed by atoms with Crippen LogP contribution >= 0.6 is 12.2 Å². The van der Waals surface area contributed by atoms with E-state index in [1.807, 2.05) is 6.92 Å². The number of thiocarbonyl (C=S) groups is 1. The van der Waals surface area contributed by atoms with Crippen molar-refractivity contribution in [3.63, 3.8) is 0 Å². The number of rotatable bonds is 5. The first-order chi connectivity index (χ1) is 7.63. The van der Waals surface area contributed by atoms with Crippen molar-refractivity contribution in [2.24, 2.45) is 5.73 Å². The summed E-state index contributed by atoms with van der Waals surface area (Å²) in [5.41, 5.74) is 5.87. The third-order valence-corrected chi connectivity index (χ3v) is 2.27. The van der Waals surface area contributed by atoms with Gasteiger partial charge in [-0.25, -0.2) is 9.97 Å². The van der Waals surface area contributed by atoms with Gasteiger partial charge in [0.15, 0.2) is 0 Å². The predicted octanol–water partition coefficient (Wildman–Crippen LogP) is 0.661. The van der Waals surface area contributed by atoms with Gasteiger partial charge in [-0.1, -0.05) is 19.1 Å². The number of aromatic nitrogens is 2.